The first kappa shape index (κ1) is 17.0. The fourth-order valence-corrected chi connectivity index (χ4v) is 3.88. The zero-order valence-electron chi connectivity index (χ0n) is 14.1. The smallest absolute Gasteiger partial charge is 0.251 e. The number of amides is 2. The second-order valence-electron chi connectivity index (χ2n) is 7.03. The zero-order valence-corrected chi connectivity index (χ0v) is 14.1. The molecule has 3 N–H and O–H groups in total. The minimum atomic E-state index is -0.0727. The molecule has 5 heteroatoms. The molecule has 1 heterocycles. The van der Waals surface area contributed by atoms with Crippen LogP contribution in [-0.2, 0) is 4.79 Å². The predicted molar refractivity (Wildman–Crippen MR) is 93.4 cm³/mol. The van der Waals surface area contributed by atoms with Crippen LogP contribution in [0.25, 0.3) is 0 Å². The highest BCUT2D eigenvalue weighted by Gasteiger charge is 2.35. The number of carbonyl (C=O) groups excluding carboxylic acids is 2. The number of nitrogens with zero attached hydrogens (tertiary/aromatic N) is 1. The average Bonchev–Trinajstić information content (AvgIpc) is 3.06. The van der Waals surface area contributed by atoms with Crippen LogP contribution in [0.3, 0.4) is 0 Å². The van der Waals surface area contributed by atoms with Gasteiger partial charge < -0.3 is 16.0 Å². The molecule has 2 fully saturated rings. The third-order valence-corrected chi connectivity index (χ3v) is 5.27. The van der Waals surface area contributed by atoms with Crippen LogP contribution in [0.5, 0.6) is 0 Å². The van der Waals surface area contributed by atoms with Gasteiger partial charge in [0.25, 0.3) is 5.91 Å². The van der Waals surface area contributed by atoms with E-state index in [-0.39, 0.29) is 29.8 Å². The molecule has 1 aromatic rings. The maximum Gasteiger partial charge on any atom is 0.251 e. The SMILES string of the molecule is NC1CCC(C(=O)N2CCCCC2CNC(=O)c2ccccc2)C1. The van der Waals surface area contributed by atoms with Crippen LogP contribution in [0, 0.1) is 5.92 Å². The average molecular weight is 329 g/mol. The largest absolute Gasteiger partial charge is 0.350 e. The molecule has 0 bridgehead atoms. The summed E-state index contributed by atoms with van der Waals surface area (Å²) in [5.41, 5.74) is 6.62. The molecule has 3 rings (SSSR count). The van der Waals surface area contributed by atoms with Crippen LogP contribution in [0.2, 0.25) is 0 Å². The van der Waals surface area contributed by atoms with Gasteiger partial charge in [-0.05, 0) is 50.7 Å². The van der Waals surface area contributed by atoms with E-state index >= 15 is 0 Å². The van der Waals surface area contributed by atoms with Crippen LogP contribution < -0.4 is 11.1 Å². The van der Waals surface area contributed by atoms with Crippen LogP contribution in [0.4, 0.5) is 0 Å². The Bertz CT molecular complexity index is 575. The van der Waals surface area contributed by atoms with Gasteiger partial charge in [0.2, 0.25) is 5.91 Å². The number of hydrogen-bond acceptors (Lipinski definition) is 3. The summed E-state index contributed by atoms with van der Waals surface area (Å²) in [5, 5.41) is 3.00. The summed E-state index contributed by atoms with van der Waals surface area (Å²) in [5.74, 6) is 0.239. The molecule has 3 unspecified atom stereocenters. The standard InChI is InChI=1S/C19H27N3O2/c20-16-10-9-15(12-16)19(24)22-11-5-4-8-17(22)13-21-18(23)14-6-2-1-3-7-14/h1-3,6-7,15-17H,4-5,8-13,20H2,(H,21,23). The third-order valence-electron chi connectivity index (χ3n) is 5.27. The van der Waals surface area contributed by atoms with Crippen molar-refractivity contribution >= 4 is 11.8 Å². The van der Waals surface area contributed by atoms with E-state index in [2.05, 4.69) is 5.32 Å². The molecule has 1 aromatic carbocycles. The Morgan fingerprint density at radius 2 is 1.92 bits per heavy atom. The number of hydrogen-bond donors (Lipinski definition) is 2. The first-order chi connectivity index (χ1) is 11.6. The predicted octanol–water partition coefficient (Wildman–Crippen LogP) is 1.92. The van der Waals surface area contributed by atoms with Crippen LogP contribution in [0.15, 0.2) is 30.3 Å². The molecule has 0 aromatic heterocycles. The maximum atomic E-state index is 12.8. The van der Waals surface area contributed by atoms with Gasteiger partial charge in [0, 0.05) is 36.7 Å². The zero-order chi connectivity index (χ0) is 16.9. The van der Waals surface area contributed by atoms with Gasteiger partial charge in [-0.1, -0.05) is 18.2 Å². The van der Waals surface area contributed by atoms with Gasteiger partial charge in [0.05, 0.1) is 0 Å². The third kappa shape index (κ3) is 3.96. The Labute approximate surface area is 143 Å². The number of piperidine rings is 1. The molecule has 0 spiro atoms. The number of nitrogens with two attached hydrogens (primary N) is 1. The maximum absolute atomic E-state index is 12.8. The van der Waals surface area contributed by atoms with E-state index in [0.29, 0.717) is 12.1 Å². The molecule has 2 aliphatic rings. The van der Waals surface area contributed by atoms with Crippen molar-refractivity contribution in [3.63, 3.8) is 0 Å². The van der Waals surface area contributed by atoms with Gasteiger partial charge in [0.15, 0.2) is 0 Å². The van der Waals surface area contributed by atoms with Crippen molar-refractivity contribution in [2.24, 2.45) is 11.7 Å². The Hall–Kier alpha value is -1.88. The summed E-state index contributed by atoms with van der Waals surface area (Å²) >= 11 is 0. The summed E-state index contributed by atoms with van der Waals surface area (Å²) in [4.78, 5) is 27.1. The molecule has 5 nitrogen and oxygen atoms in total. The van der Waals surface area contributed by atoms with Crippen LogP contribution in [-0.4, -0.2) is 41.9 Å². The fraction of sp³-hybridized carbons (Fsp3) is 0.579. The number of nitrogens with one attached hydrogen (secondary N) is 1. The number of carbonyl (C=O) groups is 2. The summed E-state index contributed by atoms with van der Waals surface area (Å²) < 4.78 is 0. The van der Waals surface area contributed by atoms with Crippen molar-refractivity contribution in [2.45, 2.75) is 50.6 Å². The van der Waals surface area contributed by atoms with Crippen molar-refractivity contribution in [3.8, 4) is 0 Å². The van der Waals surface area contributed by atoms with Crippen LogP contribution in [0.1, 0.15) is 48.9 Å². The second-order valence-corrected chi connectivity index (χ2v) is 7.03. The Morgan fingerprint density at radius 1 is 1.12 bits per heavy atom. The van der Waals surface area contributed by atoms with Crippen molar-refractivity contribution < 1.29 is 9.59 Å². The van der Waals surface area contributed by atoms with Gasteiger partial charge in [-0.25, -0.2) is 0 Å². The lowest BCUT2D eigenvalue weighted by Gasteiger charge is -2.37. The normalized spacial score (nSPS) is 27.0. The molecule has 130 valence electrons. The fourth-order valence-electron chi connectivity index (χ4n) is 3.88. The molecular weight excluding hydrogens is 302 g/mol. The highest BCUT2D eigenvalue weighted by molar-refractivity contribution is 5.94. The molecule has 1 saturated heterocycles. The molecule has 1 saturated carbocycles. The Morgan fingerprint density at radius 3 is 2.62 bits per heavy atom. The van der Waals surface area contributed by atoms with E-state index in [4.69, 9.17) is 5.73 Å². The monoisotopic (exact) mass is 329 g/mol. The minimum Gasteiger partial charge on any atom is -0.350 e. The summed E-state index contributed by atoms with van der Waals surface area (Å²) in [6, 6.07) is 9.49. The van der Waals surface area contributed by atoms with Gasteiger partial charge in [0.1, 0.15) is 0 Å². The topological polar surface area (TPSA) is 75.4 Å². The Kier molecular flexibility index (Phi) is 5.51. The lowest BCUT2D eigenvalue weighted by Crippen LogP contribution is -2.51. The van der Waals surface area contributed by atoms with Crippen molar-refractivity contribution in [2.75, 3.05) is 13.1 Å². The van der Waals surface area contributed by atoms with Gasteiger partial charge in [-0.3, -0.25) is 9.59 Å². The quantitative estimate of drug-likeness (QED) is 0.886. The van der Waals surface area contributed by atoms with Crippen molar-refractivity contribution in [1.82, 2.24) is 10.2 Å². The molecule has 0 radical (unpaired) electrons. The summed E-state index contributed by atoms with van der Waals surface area (Å²) in [6.45, 7) is 1.33. The van der Waals surface area contributed by atoms with E-state index < -0.39 is 0 Å². The van der Waals surface area contributed by atoms with Crippen molar-refractivity contribution in [3.05, 3.63) is 35.9 Å². The lowest BCUT2D eigenvalue weighted by molar-refractivity contribution is -0.139. The van der Waals surface area contributed by atoms with Crippen molar-refractivity contribution in [1.29, 1.82) is 0 Å². The molecule has 1 aliphatic heterocycles. The number of rotatable bonds is 4. The highest BCUT2D eigenvalue weighted by Crippen LogP contribution is 2.28. The summed E-state index contributed by atoms with van der Waals surface area (Å²) in [6.07, 6.45) is 5.77. The first-order valence-electron chi connectivity index (χ1n) is 9.04. The molecule has 3 atom stereocenters. The highest BCUT2D eigenvalue weighted by atomic mass is 16.2. The molecule has 24 heavy (non-hydrogen) atoms. The number of benzene rings is 1. The molecule has 2 amide bonds. The van der Waals surface area contributed by atoms with E-state index in [1.54, 1.807) is 12.1 Å². The van der Waals surface area contributed by atoms with E-state index in [1.165, 1.54) is 0 Å². The molecular formula is C19H27N3O2. The number of likely N-dealkylation sites (tertiary alicyclic amines) is 1. The summed E-state index contributed by atoms with van der Waals surface area (Å²) in [7, 11) is 0. The van der Waals surface area contributed by atoms with Gasteiger partial charge in [-0.2, -0.15) is 0 Å². The second kappa shape index (κ2) is 7.79. The lowest BCUT2D eigenvalue weighted by atomic mass is 9.98. The minimum absolute atomic E-state index is 0.0727. The van der Waals surface area contributed by atoms with Crippen LogP contribution >= 0.6 is 0 Å². The molecule has 1 aliphatic carbocycles. The first-order valence-corrected chi connectivity index (χ1v) is 9.04. The Balaban J connectivity index is 1.58. The van der Waals surface area contributed by atoms with E-state index in [1.807, 2.05) is 23.1 Å². The van der Waals surface area contributed by atoms with E-state index in [0.717, 1.165) is 45.1 Å². The van der Waals surface area contributed by atoms with Gasteiger partial charge >= 0.3 is 0 Å². The van der Waals surface area contributed by atoms with Gasteiger partial charge in [-0.15, -0.1) is 0 Å². The van der Waals surface area contributed by atoms with E-state index in [9.17, 15) is 9.59 Å².